The zero-order valence-electron chi connectivity index (χ0n) is 3.94. The van der Waals surface area contributed by atoms with Gasteiger partial charge in [0.2, 0.25) is 0 Å². The SMILES string of the molecule is [NaH].[SiH3]C1=CC=CC1. The molecule has 1 aliphatic rings. The predicted molar refractivity (Wildman–Crippen MR) is 38.9 cm³/mol. The van der Waals surface area contributed by atoms with Crippen LogP contribution >= 0.6 is 0 Å². The van der Waals surface area contributed by atoms with Crippen molar-refractivity contribution < 1.29 is 0 Å². The van der Waals surface area contributed by atoms with Gasteiger partial charge in [-0.05, 0) is 6.42 Å². The Kier molecular flexibility index (Phi) is 4.03. The van der Waals surface area contributed by atoms with E-state index in [2.05, 4.69) is 18.2 Å². The first-order valence-corrected chi connectivity index (χ1v) is 3.22. The van der Waals surface area contributed by atoms with Gasteiger partial charge in [0.1, 0.15) is 0 Å². The summed E-state index contributed by atoms with van der Waals surface area (Å²) < 4.78 is 0. The molecule has 0 heterocycles. The minimum Gasteiger partial charge on any atom is -0.0881 e. The molecule has 1 aliphatic carbocycles. The summed E-state index contributed by atoms with van der Waals surface area (Å²) in [6.45, 7) is 0. The van der Waals surface area contributed by atoms with Crippen LogP contribution in [0, 0.1) is 0 Å². The van der Waals surface area contributed by atoms with Crippen molar-refractivity contribution >= 4 is 39.8 Å². The monoisotopic (exact) mass is 120 g/mol. The maximum absolute atomic E-state index is 2.20. The second-order valence-electron chi connectivity index (χ2n) is 1.65. The van der Waals surface area contributed by atoms with E-state index in [0.29, 0.717) is 0 Å². The van der Waals surface area contributed by atoms with Crippen molar-refractivity contribution in [2.24, 2.45) is 0 Å². The third kappa shape index (κ3) is 2.49. The van der Waals surface area contributed by atoms with Crippen molar-refractivity contribution in [2.75, 3.05) is 0 Å². The van der Waals surface area contributed by atoms with E-state index in [1.54, 1.807) is 5.20 Å². The van der Waals surface area contributed by atoms with Gasteiger partial charge in [-0.25, -0.2) is 0 Å². The van der Waals surface area contributed by atoms with E-state index in [-0.39, 0.29) is 29.6 Å². The Morgan fingerprint density at radius 2 is 2.29 bits per heavy atom. The van der Waals surface area contributed by atoms with Crippen LogP contribution in [0.15, 0.2) is 23.4 Å². The topological polar surface area (TPSA) is 0 Å². The standard InChI is InChI=1S/C5H8Si.Na.H/c6-5-3-1-2-4-5;;/h1-3H,4H2,6H3;;. The molecule has 34 valence electrons. The van der Waals surface area contributed by atoms with E-state index >= 15 is 0 Å². The van der Waals surface area contributed by atoms with Crippen LogP contribution < -0.4 is 0 Å². The zero-order chi connectivity index (χ0) is 4.41. The van der Waals surface area contributed by atoms with Crippen molar-refractivity contribution in [1.82, 2.24) is 0 Å². The van der Waals surface area contributed by atoms with Crippen molar-refractivity contribution in [3.05, 3.63) is 23.4 Å². The molecule has 2 heteroatoms. The van der Waals surface area contributed by atoms with E-state index in [4.69, 9.17) is 0 Å². The van der Waals surface area contributed by atoms with Crippen LogP contribution in [0.1, 0.15) is 6.42 Å². The number of rotatable bonds is 0. The molecule has 0 atom stereocenters. The fourth-order valence-electron chi connectivity index (χ4n) is 0.554. The van der Waals surface area contributed by atoms with Gasteiger partial charge in [0.25, 0.3) is 0 Å². The second kappa shape index (κ2) is 3.67. The molecule has 0 aromatic rings. The summed E-state index contributed by atoms with van der Waals surface area (Å²) in [5.41, 5.74) is 0. The minimum absolute atomic E-state index is 0. The van der Waals surface area contributed by atoms with Crippen LogP contribution in [0.4, 0.5) is 0 Å². The van der Waals surface area contributed by atoms with Crippen molar-refractivity contribution in [3.63, 3.8) is 0 Å². The van der Waals surface area contributed by atoms with Crippen molar-refractivity contribution in [2.45, 2.75) is 6.42 Å². The van der Waals surface area contributed by atoms with Crippen LogP contribution in [-0.2, 0) is 0 Å². The summed E-state index contributed by atoms with van der Waals surface area (Å²) in [6.07, 6.45) is 7.75. The third-order valence-electron chi connectivity index (χ3n) is 0.957. The molecule has 0 aromatic carbocycles. The number of hydrogen-bond donors (Lipinski definition) is 0. The van der Waals surface area contributed by atoms with E-state index in [1.807, 2.05) is 0 Å². The van der Waals surface area contributed by atoms with E-state index in [0.717, 1.165) is 0 Å². The van der Waals surface area contributed by atoms with Gasteiger partial charge >= 0.3 is 29.6 Å². The number of hydrogen-bond acceptors (Lipinski definition) is 0. The molecule has 0 saturated heterocycles. The minimum atomic E-state index is 0. The molecule has 0 fully saturated rings. The Morgan fingerprint density at radius 1 is 1.57 bits per heavy atom. The molecule has 0 saturated carbocycles. The molecule has 7 heavy (non-hydrogen) atoms. The maximum atomic E-state index is 2.20. The second-order valence-corrected chi connectivity index (χ2v) is 2.93. The van der Waals surface area contributed by atoms with Crippen molar-refractivity contribution in [3.8, 4) is 0 Å². The Hall–Kier alpha value is 0.697. The molecule has 0 N–H and O–H groups in total. The van der Waals surface area contributed by atoms with Crippen LogP contribution in [0.3, 0.4) is 0 Å². The summed E-state index contributed by atoms with van der Waals surface area (Å²) in [5.74, 6) is 0. The van der Waals surface area contributed by atoms with Gasteiger partial charge in [-0.2, -0.15) is 0 Å². The molecular formula is C5H9NaSi. The molecule has 0 amide bonds. The molecule has 0 nitrogen and oxygen atoms in total. The van der Waals surface area contributed by atoms with Gasteiger partial charge in [0, 0.05) is 10.2 Å². The Balaban J connectivity index is 0.000000360. The average molecular weight is 120 g/mol. The Labute approximate surface area is 69.4 Å². The summed E-state index contributed by atoms with van der Waals surface area (Å²) >= 11 is 0. The molecule has 0 radical (unpaired) electrons. The first-order valence-electron chi connectivity index (χ1n) is 2.22. The molecule has 0 aliphatic heterocycles. The Bertz CT molecular complexity index is 105. The molecule has 0 aromatic heterocycles. The fourth-order valence-corrected chi connectivity index (χ4v) is 0.982. The summed E-state index contributed by atoms with van der Waals surface area (Å²) in [6, 6.07) is 0. The first kappa shape index (κ1) is 7.70. The van der Waals surface area contributed by atoms with Crippen LogP contribution in [0.25, 0.3) is 0 Å². The smallest absolute Gasteiger partial charge is 0.0337 e. The summed E-state index contributed by atoms with van der Waals surface area (Å²) in [4.78, 5) is 0. The van der Waals surface area contributed by atoms with Gasteiger partial charge in [-0.1, -0.05) is 23.4 Å². The molecule has 0 unspecified atom stereocenters. The van der Waals surface area contributed by atoms with Gasteiger partial charge in [-0.15, -0.1) is 0 Å². The molecule has 0 bridgehead atoms. The summed E-state index contributed by atoms with van der Waals surface area (Å²) in [5, 5.41) is 1.61. The largest absolute Gasteiger partial charge is 0.0881 e. The normalized spacial score (nSPS) is 16.3. The van der Waals surface area contributed by atoms with Crippen molar-refractivity contribution in [1.29, 1.82) is 0 Å². The van der Waals surface area contributed by atoms with Gasteiger partial charge in [0.05, 0.1) is 0 Å². The summed E-state index contributed by atoms with van der Waals surface area (Å²) in [7, 11) is 1.25. The van der Waals surface area contributed by atoms with E-state index in [9.17, 15) is 0 Å². The maximum Gasteiger partial charge on any atom is 0.0337 e. The average Bonchev–Trinajstić information content (AvgIpc) is 1.86. The van der Waals surface area contributed by atoms with E-state index < -0.39 is 0 Å². The quantitative estimate of drug-likeness (QED) is 0.380. The molecular weight excluding hydrogens is 111 g/mol. The van der Waals surface area contributed by atoms with Crippen LogP contribution in [-0.4, -0.2) is 39.8 Å². The van der Waals surface area contributed by atoms with Crippen LogP contribution in [0.2, 0.25) is 0 Å². The van der Waals surface area contributed by atoms with Gasteiger partial charge in [-0.3, -0.25) is 0 Å². The van der Waals surface area contributed by atoms with Gasteiger partial charge < -0.3 is 0 Å². The molecule has 0 spiro atoms. The number of allylic oxidation sites excluding steroid dienone is 4. The van der Waals surface area contributed by atoms with Gasteiger partial charge in [0.15, 0.2) is 0 Å². The zero-order valence-corrected chi connectivity index (χ0v) is 5.94. The molecule has 1 rings (SSSR count). The van der Waals surface area contributed by atoms with Crippen LogP contribution in [0.5, 0.6) is 0 Å². The first-order chi connectivity index (χ1) is 2.89. The Morgan fingerprint density at radius 3 is 2.43 bits per heavy atom. The fraction of sp³-hybridized carbons (Fsp3) is 0.200. The predicted octanol–water partition coefficient (Wildman–Crippen LogP) is -0.453. The van der Waals surface area contributed by atoms with E-state index in [1.165, 1.54) is 16.7 Å². The third-order valence-corrected chi connectivity index (χ3v) is 1.70.